The molecule has 0 fully saturated rings. The molecule has 0 saturated carbocycles. The smallest absolute Gasteiger partial charge is 0.419 e. The molecule has 0 amide bonds. The number of rotatable bonds is 3. The van der Waals surface area contributed by atoms with Gasteiger partial charge in [0, 0.05) is 5.56 Å². The van der Waals surface area contributed by atoms with Crippen molar-refractivity contribution in [2.24, 2.45) is 0 Å². The van der Waals surface area contributed by atoms with Gasteiger partial charge < -0.3 is 4.74 Å². The summed E-state index contributed by atoms with van der Waals surface area (Å²) in [7, 11) is 0. The van der Waals surface area contributed by atoms with E-state index in [0.29, 0.717) is 11.1 Å². The van der Waals surface area contributed by atoms with Gasteiger partial charge in [0.2, 0.25) is 0 Å². The van der Waals surface area contributed by atoms with Crippen LogP contribution in [0.4, 0.5) is 13.2 Å². The Balaban J connectivity index is 2.36. The number of esters is 1. The Morgan fingerprint density at radius 2 is 1.43 bits per heavy atom. The van der Waals surface area contributed by atoms with E-state index in [0.717, 1.165) is 0 Å². The van der Waals surface area contributed by atoms with Crippen LogP contribution in [0.2, 0.25) is 0 Å². The molecule has 0 N–H and O–H groups in total. The highest BCUT2D eigenvalue weighted by Gasteiger charge is 2.41. The average molecular weight is 292 g/mol. The number of benzene rings is 2. The summed E-state index contributed by atoms with van der Waals surface area (Å²) < 4.78 is 41.6. The van der Waals surface area contributed by atoms with Crippen molar-refractivity contribution in [1.82, 2.24) is 0 Å². The molecule has 2 nitrogen and oxygen atoms in total. The molecule has 5 heteroatoms. The first-order chi connectivity index (χ1) is 9.97. The molecule has 2 aromatic carbocycles. The van der Waals surface area contributed by atoms with Gasteiger partial charge in [0.15, 0.2) is 0 Å². The molecule has 0 bridgehead atoms. The van der Waals surface area contributed by atoms with Gasteiger partial charge in [-0.1, -0.05) is 60.7 Å². The Labute approximate surface area is 119 Å². The van der Waals surface area contributed by atoms with E-state index < -0.39 is 12.1 Å². The van der Waals surface area contributed by atoms with Crippen molar-refractivity contribution >= 4 is 17.8 Å². The summed E-state index contributed by atoms with van der Waals surface area (Å²) in [6.45, 7) is 0. The zero-order valence-corrected chi connectivity index (χ0v) is 10.8. The van der Waals surface area contributed by atoms with Crippen molar-refractivity contribution < 1.29 is 22.7 Å². The van der Waals surface area contributed by atoms with Crippen LogP contribution in [0.25, 0.3) is 11.8 Å². The zero-order chi connectivity index (χ0) is 15.3. The van der Waals surface area contributed by atoms with E-state index in [2.05, 4.69) is 4.74 Å². The molecule has 0 aliphatic carbocycles. The molecule has 0 radical (unpaired) electrons. The van der Waals surface area contributed by atoms with Gasteiger partial charge in [-0.25, -0.2) is 4.79 Å². The van der Waals surface area contributed by atoms with E-state index >= 15 is 0 Å². The number of carbonyl (C=O) groups is 1. The average Bonchev–Trinajstić information content (AvgIpc) is 2.47. The summed E-state index contributed by atoms with van der Waals surface area (Å²) in [5.41, 5.74) is 1.02. The fourth-order valence-electron chi connectivity index (χ4n) is 1.63. The molecule has 0 spiro atoms. The highest BCUT2D eigenvalue weighted by molar-refractivity contribution is 5.87. The number of alkyl halides is 3. The minimum Gasteiger partial charge on any atom is -0.419 e. The maximum absolute atomic E-state index is 12.4. The summed E-state index contributed by atoms with van der Waals surface area (Å²) in [4.78, 5) is 11.1. The highest BCUT2D eigenvalue weighted by Crippen LogP contribution is 2.24. The lowest BCUT2D eigenvalue weighted by atomic mass is 10.1. The molecule has 2 aromatic rings. The summed E-state index contributed by atoms with van der Waals surface area (Å²) in [5, 5.41) is 0. The van der Waals surface area contributed by atoms with Crippen LogP contribution in [-0.2, 0) is 9.53 Å². The van der Waals surface area contributed by atoms with Crippen molar-refractivity contribution in [2.75, 3.05) is 0 Å². The van der Waals surface area contributed by atoms with Crippen LogP contribution in [0.5, 0.6) is 0 Å². The van der Waals surface area contributed by atoms with E-state index in [-0.39, 0.29) is 5.76 Å². The molecule has 0 atom stereocenters. The normalized spacial score (nSPS) is 12.0. The monoisotopic (exact) mass is 292 g/mol. The van der Waals surface area contributed by atoms with Gasteiger partial charge in [0.05, 0.1) is 0 Å². The Bertz CT molecular complexity index is 632. The fraction of sp³-hybridized carbons (Fsp3) is 0.0625. The molecule has 0 aliphatic rings. The lowest BCUT2D eigenvalue weighted by Gasteiger charge is -2.11. The second-order valence-electron chi connectivity index (χ2n) is 4.17. The van der Waals surface area contributed by atoms with Crippen LogP contribution in [0, 0.1) is 0 Å². The van der Waals surface area contributed by atoms with Crippen LogP contribution in [0.1, 0.15) is 11.1 Å². The maximum atomic E-state index is 12.4. The molecular formula is C16H11F3O2. The molecule has 0 heterocycles. The van der Waals surface area contributed by atoms with Crippen molar-refractivity contribution in [2.45, 2.75) is 6.18 Å². The van der Waals surface area contributed by atoms with Crippen LogP contribution in [-0.4, -0.2) is 12.1 Å². The Hall–Kier alpha value is -2.56. The molecule has 0 aromatic heterocycles. The van der Waals surface area contributed by atoms with Crippen molar-refractivity contribution in [3.05, 3.63) is 71.8 Å². The van der Waals surface area contributed by atoms with Crippen LogP contribution in [0.15, 0.2) is 60.7 Å². The standard InChI is InChI=1S/C16H11F3O2/c17-16(18,19)15(20)21-14(13-9-5-2-6-10-13)11-12-7-3-1-4-8-12/h1-11H. The number of ether oxygens (including phenoxy) is 1. The Morgan fingerprint density at radius 1 is 0.905 bits per heavy atom. The topological polar surface area (TPSA) is 26.3 Å². The third-order valence-electron chi connectivity index (χ3n) is 2.59. The Kier molecular flexibility index (Phi) is 4.42. The second-order valence-corrected chi connectivity index (χ2v) is 4.17. The minimum atomic E-state index is -5.04. The SMILES string of the molecule is O=C(OC(=Cc1ccccc1)c1ccccc1)C(F)(F)F. The summed E-state index contributed by atoms with van der Waals surface area (Å²) in [6.07, 6.45) is -3.65. The zero-order valence-electron chi connectivity index (χ0n) is 10.8. The Morgan fingerprint density at radius 3 is 1.95 bits per heavy atom. The van der Waals surface area contributed by atoms with Crippen LogP contribution in [0.3, 0.4) is 0 Å². The van der Waals surface area contributed by atoms with Gasteiger partial charge in [0.1, 0.15) is 5.76 Å². The number of hydrogen-bond donors (Lipinski definition) is 0. The van der Waals surface area contributed by atoms with Gasteiger partial charge >= 0.3 is 12.1 Å². The summed E-state index contributed by atoms with van der Waals surface area (Å²) in [6, 6.07) is 16.8. The number of halogens is 3. The number of carbonyl (C=O) groups excluding carboxylic acids is 1. The molecule has 2 rings (SSSR count). The van der Waals surface area contributed by atoms with Crippen molar-refractivity contribution in [3.8, 4) is 0 Å². The third kappa shape index (κ3) is 4.21. The van der Waals surface area contributed by atoms with Gasteiger partial charge in [0.25, 0.3) is 0 Å². The van der Waals surface area contributed by atoms with E-state index in [1.54, 1.807) is 60.7 Å². The minimum absolute atomic E-state index is 0.149. The lowest BCUT2D eigenvalue weighted by molar-refractivity contribution is -0.192. The second kappa shape index (κ2) is 6.26. The first kappa shape index (κ1) is 14.8. The predicted octanol–water partition coefficient (Wildman–Crippen LogP) is 4.29. The first-order valence-electron chi connectivity index (χ1n) is 6.08. The summed E-state index contributed by atoms with van der Waals surface area (Å²) in [5.74, 6) is -2.39. The molecule has 0 unspecified atom stereocenters. The molecule has 0 aliphatic heterocycles. The molecule has 0 saturated heterocycles. The van der Waals surface area contributed by atoms with Crippen molar-refractivity contribution in [3.63, 3.8) is 0 Å². The summed E-state index contributed by atoms with van der Waals surface area (Å²) >= 11 is 0. The van der Waals surface area contributed by atoms with E-state index in [4.69, 9.17) is 0 Å². The van der Waals surface area contributed by atoms with Gasteiger partial charge in [-0.2, -0.15) is 13.2 Å². The van der Waals surface area contributed by atoms with E-state index in [9.17, 15) is 18.0 Å². The third-order valence-corrected chi connectivity index (χ3v) is 2.59. The lowest BCUT2D eigenvalue weighted by Crippen LogP contribution is -2.24. The first-order valence-corrected chi connectivity index (χ1v) is 6.08. The maximum Gasteiger partial charge on any atom is 0.491 e. The van der Waals surface area contributed by atoms with Crippen LogP contribution >= 0.6 is 0 Å². The number of hydrogen-bond acceptors (Lipinski definition) is 2. The fourth-order valence-corrected chi connectivity index (χ4v) is 1.63. The van der Waals surface area contributed by atoms with Gasteiger partial charge in [-0.05, 0) is 11.6 Å². The molecular weight excluding hydrogens is 281 g/mol. The van der Waals surface area contributed by atoms with Gasteiger partial charge in [-0.3, -0.25) is 0 Å². The quantitative estimate of drug-likeness (QED) is 0.479. The van der Waals surface area contributed by atoms with Gasteiger partial charge in [-0.15, -0.1) is 0 Å². The van der Waals surface area contributed by atoms with E-state index in [1.165, 1.54) is 6.08 Å². The van der Waals surface area contributed by atoms with E-state index in [1.807, 2.05) is 0 Å². The molecule has 108 valence electrons. The van der Waals surface area contributed by atoms with Crippen molar-refractivity contribution in [1.29, 1.82) is 0 Å². The van der Waals surface area contributed by atoms with Crippen LogP contribution < -0.4 is 0 Å². The largest absolute Gasteiger partial charge is 0.491 e. The molecule has 21 heavy (non-hydrogen) atoms. The highest BCUT2D eigenvalue weighted by atomic mass is 19.4. The predicted molar refractivity (Wildman–Crippen MR) is 72.9 cm³/mol.